The molecule has 2 atom stereocenters. The molecule has 2 aromatic rings. The van der Waals surface area contributed by atoms with Gasteiger partial charge in [0.05, 0.1) is 28.0 Å². The zero-order valence-electron chi connectivity index (χ0n) is 16.6. The highest BCUT2D eigenvalue weighted by Gasteiger charge is 2.35. The monoisotopic (exact) mass is 381 g/mol. The van der Waals surface area contributed by atoms with Crippen LogP contribution in [0.1, 0.15) is 60.3 Å². The van der Waals surface area contributed by atoms with Crippen molar-refractivity contribution in [3.05, 3.63) is 35.2 Å². The zero-order chi connectivity index (χ0) is 19.7. The van der Waals surface area contributed by atoms with Crippen molar-refractivity contribution in [2.45, 2.75) is 58.4 Å². The van der Waals surface area contributed by atoms with Gasteiger partial charge in [-0.25, -0.2) is 14.8 Å². The van der Waals surface area contributed by atoms with Crippen LogP contribution < -0.4 is 0 Å². The van der Waals surface area contributed by atoms with Crippen molar-refractivity contribution in [3.8, 4) is 0 Å². The third-order valence-corrected chi connectivity index (χ3v) is 6.20. The minimum absolute atomic E-state index is 0.0722. The van der Waals surface area contributed by atoms with E-state index < -0.39 is 5.97 Å². The average molecular weight is 381 g/mol. The normalized spacial score (nSPS) is 22.0. The van der Waals surface area contributed by atoms with Crippen molar-refractivity contribution in [3.63, 3.8) is 0 Å². The van der Waals surface area contributed by atoms with Crippen molar-refractivity contribution < 1.29 is 14.3 Å². The van der Waals surface area contributed by atoms with E-state index in [2.05, 4.69) is 9.97 Å². The summed E-state index contributed by atoms with van der Waals surface area (Å²) in [4.78, 5) is 36.1. The van der Waals surface area contributed by atoms with E-state index in [1.807, 2.05) is 18.7 Å². The first-order valence-corrected chi connectivity index (χ1v) is 10.2. The van der Waals surface area contributed by atoms with Gasteiger partial charge in [-0.2, -0.15) is 0 Å². The number of piperidine rings is 1. The number of aryl methyl sites for hydroxylation is 2. The van der Waals surface area contributed by atoms with E-state index >= 15 is 0 Å². The number of amides is 1. The first kappa shape index (κ1) is 18.8. The molecule has 148 valence electrons. The fraction of sp³-hybridized carbons (Fsp3) is 0.545. The maximum absolute atomic E-state index is 12.7. The van der Waals surface area contributed by atoms with E-state index in [1.165, 1.54) is 25.7 Å². The number of rotatable bonds is 3. The summed E-state index contributed by atoms with van der Waals surface area (Å²) in [6.07, 6.45) is 7.00. The molecule has 1 aliphatic carbocycles. The molecule has 6 heteroatoms. The maximum atomic E-state index is 12.7. The predicted octanol–water partition coefficient (Wildman–Crippen LogP) is 3.58. The Morgan fingerprint density at radius 3 is 2.57 bits per heavy atom. The molecule has 1 saturated heterocycles. The number of fused-ring (bicyclic) bond motifs is 2. The first-order chi connectivity index (χ1) is 13.5. The number of carbonyl (C=O) groups excluding carboxylic acids is 2. The van der Waals surface area contributed by atoms with E-state index in [-0.39, 0.29) is 12.5 Å². The predicted molar refractivity (Wildman–Crippen MR) is 106 cm³/mol. The molecule has 0 radical (unpaired) electrons. The second kappa shape index (κ2) is 7.86. The standard InChI is InChI=1S/C22H27N3O3/c1-14-15(2)24-19-12-17(9-10-18(19)23-14)22(27)28-13-21(26)25-11-5-7-16-6-3-4-8-20(16)25/h9-10,12,16,20H,3-8,11,13H2,1-2H3/t16-,20+/m0/s1. The summed E-state index contributed by atoms with van der Waals surface area (Å²) in [6, 6.07) is 5.46. The molecule has 1 saturated carbocycles. The van der Waals surface area contributed by atoms with E-state index in [1.54, 1.807) is 18.2 Å². The number of esters is 1. The van der Waals surface area contributed by atoms with Crippen molar-refractivity contribution in [1.82, 2.24) is 14.9 Å². The quantitative estimate of drug-likeness (QED) is 0.760. The molecule has 0 N–H and O–H groups in total. The maximum Gasteiger partial charge on any atom is 0.338 e. The number of nitrogens with zero attached hydrogens (tertiary/aromatic N) is 3. The largest absolute Gasteiger partial charge is 0.452 e. The average Bonchev–Trinajstić information content (AvgIpc) is 2.72. The molecule has 1 aromatic heterocycles. The van der Waals surface area contributed by atoms with E-state index in [0.29, 0.717) is 23.0 Å². The lowest BCUT2D eigenvalue weighted by molar-refractivity contribution is -0.140. The molecule has 28 heavy (non-hydrogen) atoms. The van der Waals surface area contributed by atoms with Crippen LogP contribution in [-0.4, -0.2) is 45.9 Å². The van der Waals surface area contributed by atoms with Crippen molar-refractivity contribution in [1.29, 1.82) is 0 Å². The van der Waals surface area contributed by atoms with Crippen LogP contribution in [0.25, 0.3) is 11.0 Å². The van der Waals surface area contributed by atoms with Gasteiger partial charge < -0.3 is 9.64 Å². The lowest BCUT2D eigenvalue weighted by Gasteiger charge is -2.44. The van der Waals surface area contributed by atoms with Crippen molar-refractivity contribution in [2.24, 2.45) is 5.92 Å². The van der Waals surface area contributed by atoms with Crippen molar-refractivity contribution in [2.75, 3.05) is 13.2 Å². The zero-order valence-corrected chi connectivity index (χ0v) is 16.6. The second-order valence-corrected chi connectivity index (χ2v) is 8.02. The third-order valence-electron chi connectivity index (χ3n) is 6.20. The molecule has 1 aromatic carbocycles. The number of benzene rings is 1. The Balaban J connectivity index is 1.41. The molecule has 2 fully saturated rings. The Morgan fingerprint density at radius 2 is 1.75 bits per heavy atom. The SMILES string of the molecule is Cc1nc2ccc(C(=O)OCC(=O)N3CCC[C@@H]4CCCC[C@H]43)cc2nc1C. The third kappa shape index (κ3) is 3.73. The topological polar surface area (TPSA) is 72.4 Å². The Morgan fingerprint density at radius 1 is 1.04 bits per heavy atom. The summed E-state index contributed by atoms with van der Waals surface area (Å²) in [6.45, 7) is 4.38. The first-order valence-electron chi connectivity index (χ1n) is 10.2. The summed E-state index contributed by atoms with van der Waals surface area (Å²) >= 11 is 0. The minimum atomic E-state index is -0.493. The molecular weight excluding hydrogens is 354 g/mol. The molecule has 4 rings (SSSR count). The fourth-order valence-electron chi connectivity index (χ4n) is 4.59. The highest BCUT2D eigenvalue weighted by Crippen LogP contribution is 2.35. The van der Waals surface area contributed by atoms with Gasteiger partial charge in [-0.1, -0.05) is 12.8 Å². The fourth-order valence-corrected chi connectivity index (χ4v) is 4.59. The van der Waals surface area contributed by atoms with Gasteiger partial charge in [0.1, 0.15) is 0 Å². The van der Waals surface area contributed by atoms with Crippen LogP contribution in [-0.2, 0) is 9.53 Å². The number of hydrogen-bond donors (Lipinski definition) is 0. The minimum Gasteiger partial charge on any atom is -0.452 e. The lowest BCUT2D eigenvalue weighted by atomic mass is 9.78. The van der Waals surface area contributed by atoms with Crippen LogP contribution in [0.3, 0.4) is 0 Å². The molecule has 6 nitrogen and oxygen atoms in total. The lowest BCUT2D eigenvalue weighted by Crippen LogP contribution is -2.50. The van der Waals surface area contributed by atoms with Crippen LogP contribution >= 0.6 is 0 Å². The summed E-state index contributed by atoms with van der Waals surface area (Å²) in [5, 5.41) is 0. The molecule has 0 spiro atoms. The van der Waals surface area contributed by atoms with Gasteiger partial charge in [-0.05, 0) is 63.6 Å². The summed E-state index contributed by atoms with van der Waals surface area (Å²) in [5.41, 5.74) is 3.50. The summed E-state index contributed by atoms with van der Waals surface area (Å²) in [5.74, 6) is 0.0531. The summed E-state index contributed by atoms with van der Waals surface area (Å²) < 4.78 is 5.35. The number of aromatic nitrogens is 2. The number of likely N-dealkylation sites (tertiary alicyclic amines) is 1. The van der Waals surface area contributed by atoms with E-state index in [4.69, 9.17) is 4.74 Å². The number of hydrogen-bond acceptors (Lipinski definition) is 5. The Hall–Kier alpha value is -2.50. The van der Waals surface area contributed by atoms with E-state index in [0.717, 1.165) is 36.3 Å². The van der Waals surface area contributed by atoms with Gasteiger partial charge in [0.15, 0.2) is 6.61 Å². The van der Waals surface area contributed by atoms with Gasteiger partial charge in [0.25, 0.3) is 5.91 Å². The summed E-state index contributed by atoms with van der Waals surface area (Å²) in [7, 11) is 0. The highest BCUT2D eigenvalue weighted by molar-refractivity contribution is 5.94. The van der Waals surface area contributed by atoms with Gasteiger partial charge in [-0.15, -0.1) is 0 Å². The Bertz CT molecular complexity index is 909. The highest BCUT2D eigenvalue weighted by atomic mass is 16.5. The van der Waals surface area contributed by atoms with E-state index in [9.17, 15) is 9.59 Å². The van der Waals surface area contributed by atoms with Crippen LogP contribution in [0.15, 0.2) is 18.2 Å². The molecule has 1 aliphatic heterocycles. The molecule has 1 amide bonds. The molecular formula is C22H27N3O3. The van der Waals surface area contributed by atoms with Gasteiger partial charge in [0, 0.05) is 12.6 Å². The molecule has 2 aliphatic rings. The van der Waals surface area contributed by atoms with Gasteiger partial charge in [0.2, 0.25) is 0 Å². The smallest absolute Gasteiger partial charge is 0.338 e. The van der Waals surface area contributed by atoms with Crippen LogP contribution in [0.4, 0.5) is 0 Å². The number of ether oxygens (including phenoxy) is 1. The second-order valence-electron chi connectivity index (χ2n) is 8.02. The number of carbonyl (C=O) groups is 2. The van der Waals surface area contributed by atoms with Crippen LogP contribution in [0.2, 0.25) is 0 Å². The van der Waals surface area contributed by atoms with Crippen molar-refractivity contribution >= 4 is 22.9 Å². The van der Waals surface area contributed by atoms with Crippen LogP contribution in [0, 0.1) is 19.8 Å². The van der Waals surface area contributed by atoms with Gasteiger partial charge >= 0.3 is 5.97 Å². The Labute approximate surface area is 165 Å². The molecule has 0 unspecified atom stereocenters. The molecule has 2 heterocycles. The van der Waals surface area contributed by atoms with Crippen LogP contribution in [0.5, 0.6) is 0 Å². The van der Waals surface area contributed by atoms with Gasteiger partial charge in [-0.3, -0.25) is 4.79 Å². The molecule has 0 bridgehead atoms. The Kier molecular flexibility index (Phi) is 5.29.